The Morgan fingerprint density at radius 1 is 1.33 bits per heavy atom. The molecule has 2 aliphatic rings. The van der Waals surface area contributed by atoms with Gasteiger partial charge in [-0.05, 0) is 64.8 Å². The molecule has 2 fully saturated rings. The van der Waals surface area contributed by atoms with E-state index in [-0.39, 0.29) is 6.09 Å². The average Bonchev–Trinajstić information content (AvgIpc) is 3.08. The summed E-state index contributed by atoms with van der Waals surface area (Å²) in [6.07, 6.45) is 4.83. The van der Waals surface area contributed by atoms with Gasteiger partial charge in [0.1, 0.15) is 5.60 Å². The highest BCUT2D eigenvalue weighted by atomic mass is 16.6. The Hall–Kier alpha value is -0.770. The summed E-state index contributed by atoms with van der Waals surface area (Å²) < 4.78 is 5.27. The van der Waals surface area contributed by atoms with Gasteiger partial charge in [-0.25, -0.2) is 4.79 Å². The van der Waals surface area contributed by atoms with Crippen LogP contribution < -0.4 is 10.6 Å². The fourth-order valence-electron chi connectivity index (χ4n) is 2.74. The smallest absolute Gasteiger partial charge is 0.407 e. The molecule has 0 spiro atoms. The van der Waals surface area contributed by atoms with Crippen molar-refractivity contribution in [2.24, 2.45) is 11.8 Å². The molecule has 0 aromatic carbocycles. The summed E-state index contributed by atoms with van der Waals surface area (Å²) >= 11 is 0. The maximum Gasteiger partial charge on any atom is 0.407 e. The zero-order valence-corrected chi connectivity index (χ0v) is 11.8. The lowest BCUT2D eigenvalue weighted by Gasteiger charge is -2.33. The van der Waals surface area contributed by atoms with Crippen LogP contribution in [0, 0.1) is 11.8 Å². The Labute approximate surface area is 110 Å². The van der Waals surface area contributed by atoms with Crippen LogP contribution in [0.25, 0.3) is 0 Å². The summed E-state index contributed by atoms with van der Waals surface area (Å²) in [4.78, 5) is 11.6. The monoisotopic (exact) mass is 254 g/mol. The Morgan fingerprint density at radius 2 is 2.06 bits per heavy atom. The number of alkyl carbamates (subject to hydrolysis) is 1. The van der Waals surface area contributed by atoms with Gasteiger partial charge in [0.2, 0.25) is 0 Å². The lowest BCUT2D eigenvalue weighted by Crippen LogP contribution is -2.48. The molecule has 104 valence electrons. The minimum absolute atomic E-state index is 0.289. The molecule has 0 bridgehead atoms. The number of hydrogen-bond donors (Lipinski definition) is 2. The van der Waals surface area contributed by atoms with Crippen molar-refractivity contribution in [3.8, 4) is 0 Å². The summed E-state index contributed by atoms with van der Waals surface area (Å²) in [6.45, 7) is 7.54. The van der Waals surface area contributed by atoms with E-state index in [9.17, 15) is 4.79 Å². The van der Waals surface area contributed by atoms with Gasteiger partial charge in [0.05, 0.1) is 0 Å². The molecule has 2 rings (SSSR count). The highest BCUT2D eigenvalue weighted by molar-refractivity contribution is 5.67. The number of carbonyl (C=O) groups is 1. The normalized spacial score (nSPS) is 28.8. The van der Waals surface area contributed by atoms with Crippen LogP contribution in [0.15, 0.2) is 0 Å². The largest absolute Gasteiger partial charge is 0.444 e. The number of carbonyl (C=O) groups excluding carboxylic acids is 1. The number of amides is 1. The Kier molecular flexibility index (Phi) is 4.15. The molecular formula is C14H26N2O2. The fourth-order valence-corrected chi connectivity index (χ4v) is 2.74. The van der Waals surface area contributed by atoms with Crippen LogP contribution in [-0.2, 0) is 4.74 Å². The molecular weight excluding hydrogens is 228 g/mol. The van der Waals surface area contributed by atoms with Crippen LogP contribution in [0.5, 0.6) is 0 Å². The first-order valence-electron chi connectivity index (χ1n) is 7.16. The second-order valence-corrected chi connectivity index (χ2v) is 6.60. The minimum atomic E-state index is -0.412. The van der Waals surface area contributed by atoms with Crippen molar-refractivity contribution < 1.29 is 9.53 Å². The van der Waals surface area contributed by atoms with E-state index >= 15 is 0 Å². The maximum absolute atomic E-state index is 11.6. The predicted molar refractivity (Wildman–Crippen MR) is 71.5 cm³/mol. The van der Waals surface area contributed by atoms with Crippen molar-refractivity contribution in [3.63, 3.8) is 0 Å². The van der Waals surface area contributed by atoms with Gasteiger partial charge in [-0.3, -0.25) is 0 Å². The molecule has 2 N–H and O–H groups in total. The van der Waals surface area contributed by atoms with Gasteiger partial charge in [0.25, 0.3) is 0 Å². The lowest BCUT2D eigenvalue weighted by molar-refractivity contribution is 0.0510. The van der Waals surface area contributed by atoms with Crippen molar-refractivity contribution >= 4 is 6.09 Å². The van der Waals surface area contributed by atoms with Crippen LogP contribution in [-0.4, -0.2) is 30.8 Å². The fraction of sp³-hybridized carbons (Fsp3) is 0.929. The molecule has 4 heteroatoms. The maximum atomic E-state index is 11.6. The molecule has 1 saturated heterocycles. The van der Waals surface area contributed by atoms with E-state index in [0.29, 0.717) is 12.0 Å². The Bertz CT molecular complexity index is 295. The third kappa shape index (κ3) is 4.16. The molecule has 4 nitrogen and oxygen atoms in total. The molecule has 2 atom stereocenters. The van der Waals surface area contributed by atoms with E-state index in [1.54, 1.807) is 0 Å². The molecule has 1 aliphatic carbocycles. The minimum Gasteiger partial charge on any atom is -0.444 e. The van der Waals surface area contributed by atoms with Gasteiger partial charge >= 0.3 is 6.09 Å². The van der Waals surface area contributed by atoms with Gasteiger partial charge in [-0.2, -0.15) is 0 Å². The molecule has 1 heterocycles. The van der Waals surface area contributed by atoms with Crippen molar-refractivity contribution in [2.45, 2.75) is 58.1 Å². The third-order valence-corrected chi connectivity index (χ3v) is 3.68. The second-order valence-electron chi connectivity index (χ2n) is 6.60. The highest BCUT2D eigenvalue weighted by Gasteiger charge is 2.37. The molecule has 0 aromatic heterocycles. The molecule has 1 amide bonds. The second kappa shape index (κ2) is 5.47. The van der Waals surface area contributed by atoms with Crippen LogP contribution in [0.3, 0.4) is 0 Å². The van der Waals surface area contributed by atoms with Crippen molar-refractivity contribution in [1.29, 1.82) is 0 Å². The van der Waals surface area contributed by atoms with Gasteiger partial charge in [-0.1, -0.05) is 0 Å². The number of hydrogen-bond acceptors (Lipinski definition) is 3. The van der Waals surface area contributed by atoms with E-state index in [1.165, 1.54) is 25.7 Å². The summed E-state index contributed by atoms with van der Waals surface area (Å²) in [5.41, 5.74) is -0.412. The third-order valence-electron chi connectivity index (χ3n) is 3.68. The number of piperidine rings is 1. The molecule has 18 heavy (non-hydrogen) atoms. The SMILES string of the molecule is CC(C)(C)OC(=O)NCC1CCCNC1C1CC1. The summed E-state index contributed by atoms with van der Waals surface area (Å²) in [5.74, 6) is 1.41. The quantitative estimate of drug-likeness (QED) is 0.812. The number of ether oxygens (including phenoxy) is 1. The summed E-state index contributed by atoms with van der Waals surface area (Å²) in [7, 11) is 0. The van der Waals surface area contributed by atoms with Gasteiger partial charge in [-0.15, -0.1) is 0 Å². The highest BCUT2D eigenvalue weighted by Crippen LogP contribution is 2.38. The molecule has 2 unspecified atom stereocenters. The first-order chi connectivity index (χ1) is 8.46. The molecule has 0 radical (unpaired) electrons. The number of rotatable bonds is 3. The topological polar surface area (TPSA) is 50.4 Å². The molecule has 0 aromatic rings. The zero-order chi connectivity index (χ0) is 13.2. The van der Waals surface area contributed by atoms with E-state index in [2.05, 4.69) is 10.6 Å². The van der Waals surface area contributed by atoms with E-state index in [4.69, 9.17) is 4.74 Å². The lowest BCUT2D eigenvalue weighted by atomic mass is 9.88. The van der Waals surface area contributed by atoms with Crippen LogP contribution >= 0.6 is 0 Å². The van der Waals surface area contributed by atoms with Crippen molar-refractivity contribution in [3.05, 3.63) is 0 Å². The van der Waals surface area contributed by atoms with Crippen LogP contribution in [0.2, 0.25) is 0 Å². The van der Waals surface area contributed by atoms with Crippen LogP contribution in [0.4, 0.5) is 4.79 Å². The standard InChI is InChI=1S/C14H26N2O2/c1-14(2,3)18-13(17)16-9-11-5-4-8-15-12(11)10-6-7-10/h10-12,15H,4-9H2,1-3H3,(H,16,17). The van der Waals surface area contributed by atoms with E-state index in [0.717, 1.165) is 19.0 Å². The summed E-state index contributed by atoms with van der Waals surface area (Å²) in [5, 5.41) is 6.53. The average molecular weight is 254 g/mol. The first-order valence-corrected chi connectivity index (χ1v) is 7.16. The van der Waals surface area contributed by atoms with Gasteiger partial charge in [0, 0.05) is 12.6 Å². The van der Waals surface area contributed by atoms with Gasteiger partial charge in [0.15, 0.2) is 0 Å². The van der Waals surface area contributed by atoms with E-state index in [1.807, 2.05) is 20.8 Å². The zero-order valence-electron chi connectivity index (χ0n) is 11.8. The van der Waals surface area contributed by atoms with Crippen molar-refractivity contribution in [2.75, 3.05) is 13.1 Å². The predicted octanol–water partition coefficient (Wildman–Crippen LogP) is 2.29. The Balaban J connectivity index is 1.75. The van der Waals surface area contributed by atoms with Crippen LogP contribution in [0.1, 0.15) is 46.5 Å². The number of nitrogens with one attached hydrogen (secondary N) is 2. The van der Waals surface area contributed by atoms with Gasteiger partial charge < -0.3 is 15.4 Å². The van der Waals surface area contributed by atoms with Crippen molar-refractivity contribution in [1.82, 2.24) is 10.6 Å². The molecule has 1 saturated carbocycles. The Morgan fingerprint density at radius 3 is 2.67 bits per heavy atom. The van der Waals surface area contributed by atoms with E-state index < -0.39 is 5.60 Å². The molecule has 1 aliphatic heterocycles. The summed E-state index contributed by atoms with van der Waals surface area (Å²) in [6, 6.07) is 0.605. The first kappa shape index (κ1) is 13.7.